The molecule has 1 aliphatic rings. The Kier molecular flexibility index (Phi) is 3.86. The van der Waals surface area contributed by atoms with Crippen molar-refractivity contribution < 1.29 is 9.53 Å². The molecule has 1 aromatic rings. The molecule has 18 heavy (non-hydrogen) atoms. The summed E-state index contributed by atoms with van der Waals surface area (Å²) >= 11 is 0. The van der Waals surface area contributed by atoms with Crippen molar-refractivity contribution in [1.29, 1.82) is 0 Å². The third-order valence-electron chi connectivity index (χ3n) is 3.21. The summed E-state index contributed by atoms with van der Waals surface area (Å²) in [5.74, 6) is -0.109. The number of nitrogens with two attached hydrogens (primary N) is 1. The van der Waals surface area contributed by atoms with E-state index in [0.29, 0.717) is 31.1 Å². The summed E-state index contributed by atoms with van der Waals surface area (Å²) in [6, 6.07) is 0.0666. The Labute approximate surface area is 106 Å². The fourth-order valence-corrected chi connectivity index (χ4v) is 2.16. The van der Waals surface area contributed by atoms with Crippen LogP contribution in [-0.4, -0.2) is 46.8 Å². The minimum Gasteiger partial charge on any atom is -0.395 e. The molecule has 3 N–H and O–H groups in total. The second-order valence-corrected chi connectivity index (χ2v) is 4.64. The highest BCUT2D eigenvalue weighted by atomic mass is 16.5. The lowest BCUT2D eigenvalue weighted by atomic mass is 10.1. The number of aromatic nitrogens is 2. The number of nitrogens with zero attached hydrogens (tertiary/aromatic N) is 2. The molecule has 0 aromatic carbocycles. The van der Waals surface area contributed by atoms with Crippen LogP contribution in [0.4, 0.5) is 5.69 Å². The number of amides is 1. The van der Waals surface area contributed by atoms with E-state index < -0.39 is 0 Å². The smallest absolute Gasteiger partial charge is 0.276 e. The molecule has 0 radical (unpaired) electrons. The van der Waals surface area contributed by atoms with Gasteiger partial charge in [0.25, 0.3) is 5.91 Å². The molecule has 1 saturated heterocycles. The van der Waals surface area contributed by atoms with E-state index in [-0.39, 0.29) is 11.9 Å². The maximum Gasteiger partial charge on any atom is 0.276 e. The Morgan fingerprint density at radius 2 is 2.44 bits per heavy atom. The van der Waals surface area contributed by atoms with Gasteiger partial charge in [-0.2, -0.15) is 5.10 Å². The summed E-state index contributed by atoms with van der Waals surface area (Å²) < 4.78 is 5.32. The average Bonchev–Trinajstić information content (AvgIpc) is 2.72. The maximum absolute atomic E-state index is 12.4. The first-order valence-corrected chi connectivity index (χ1v) is 6.36. The first kappa shape index (κ1) is 12.9. The molecule has 1 fully saturated rings. The van der Waals surface area contributed by atoms with Crippen LogP contribution in [0.3, 0.4) is 0 Å². The van der Waals surface area contributed by atoms with Crippen LogP contribution in [0.15, 0.2) is 0 Å². The highest BCUT2D eigenvalue weighted by Crippen LogP contribution is 2.19. The Morgan fingerprint density at radius 3 is 3.11 bits per heavy atom. The number of ether oxygens (including phenoxy) is 1. The van der Waals surface area contributed by atoms with E-state index in [1.165, 1.54) is 0 Å². The summed E-state index contributed by atoms with van der Waals surface area (Å²) in [5.41, 5.74) is 7.65. The van der Waals surface area contributed by atoms with E-state index >= 15 is 0 Å². The van der Waals surface area contributed by atoms with Gasteiger partial charge in [-0.05, 0) is 13.3 Å². The van der Waals surface area contributed by atoms with Crippen molar-refractivity contribution in [3.63, 3.8) is 0 Å². The van der Waals surface area contributed by atoms with Crippen LogP contribution in [0.25, 0.3) is 0 Å². The lowest BCUT2D eigenvalue weighted by Gasteiger charge is -2.32. The van der Waals surface area contributed by atoms with Crippen molar-refractivity contribution in [3.8, 4) is 0 Å². The first-order valence-electron chi connectivity index (χ1n) is 6.36. The molecule has 1 aromatic heterocycles. The van der Waals surface area contributed by atoms with Gasteiger partial charge in [-0.3, -0.25) is 9.89 Å². The van der Waals surface area contributed by atoms with Crippen molar-refractivity contribution >= 4 is 11.6 Å². The molecular formula is C12H20N4O2. The van der Waals surface area contributed by atoms with Gasteiger partial charge in [-0.15, -0.1) is 0 Å². The van der Waals surface area contributed by atoms with Crippen molar-refractivity contribution in [2.75, 3.05) is 25.5 Å². The van der Waals surface area contributed by atoms with Crippen LogP contribution in [0.5, 0.6) is 0 Å². The minimum atomic E-state index is -0.109. The Bertz CT molecular complexity index is 430. The SMILES string of the molecule is CCCc1[nH]nc(C(=O)N2CCOC[C@H]2C)c1N. The van der Waals surface area contributed by atoms with Crippen LogP contribution in [0, 0.1) is 0 Å². The predicted molar refractivity (Wildman–Crippen MR) is 68.3 cm³/mol. The summed E-state index contributed by atoms with van der Waals surface area (Å²) in [6.45, 7) is 5.76. The number of aryl methyl sites for hydroxylation is 1. The topological polar surface area (TPSA) is 84.2 Å². The molecule has 2 heterocycles. The molecular weight excluding hydrogens is 232 g/mol. The zero-order valence-corrected chi connectivity index (χ0v) is 10.9. The van der Waals surface area contributed by atoms with Crippen LogP contribution >= 0.6 is 0 Å². The van der Waals surface area contributed by atoms with Crippen molar-refractivity contribution in [2.45, 2.75) is 32.7 Å². The van der Waals surface area contributed by atoms with Gasteiger partial charge < -0.3 is 15.4 Å². The number of carbonyl (C=O) groups excluding carboxylic acids is 1. The second kappa shape index (κ2) is 5.39. The first-order chi connectivity index (χ1) is 8.65. The zero-order valence-electron chi connectivity index (χ0n) is 10.9. The van der Waals surface area contributed by atoms with Crippen LogP contribution in [0.1, 0.15) is 36.5 Å². The van der Waals surface area contributed by atoms with Gasteiger partial charge in [0.15, 0.2) is 5.69 Å². The number of anilines is 1. The van der Waals surface area contributed by atoms with E-state index in [4.69, 9.17) is 10.5 Å². The number of aromatic amines is 1. The van der Waals surface area contributed by atoms with Crippen molar-refractivity contribution in [3.05, 3.63) is 11.4 Å². The summed E-state index contributed by atoms with van der Waals surface area (Å²) in [6.07, 6.45) is 1.78. The lowest BCUT2D eigenvalue weighted by molar-refractivity contribution is 0.00333. The Hall–Kier alpha value is -1.56. The zero-order chi connectivity index (χ0) is 13.1. The minimum absolute atomic E-state index is 0.0666. The molecule has 0 saturated carbocycles. The number of H-pyrrole nitrogens is 1. The van der Waals surface area contributed by atoms with Crippen molar-refractivity contribution in [1.82, 2.24) is 15.1 Å². The average molecular weight is 252 g/mol. The number of hydrogen-bond donors (Lipinski definition) is 2. The fraction of sp³-hybridized carbons (Fsp3) is 0.667. The number of nitrogen functional groups attached to an aromatic ring is 1. The lowest BCUT2D eigenvalue weighted by Crippen LogP contribution is -2.47. The van der Waals surface area contributed by atoms with Crippen molar-refractivity contribution in [2.24, 2.45) is 0 Å². The largest absolute Gasteiger partial charge is 0.395 e. The van der Waals surface area contributed by atoms with Gasteiger partial charge in [-0.1, -0.05) is 13.3 Å². The number of rotatable bonds is 3. The third kappa shape index (κ3) is 2.33. The van der Waals surface area contributed by atoms with E-state index in [2.05, 4.69) is 17.1 Å². The van der Waals surface area contributed by atoms with E-state index in [1.807, 2.05) is 6.92 Å². The quantitative estimate of drug-likeness (QED) is 0.833. The Morgan fingerprint density at radius 1 is 1.67 bits per heavy atom. The molecule has 2 rings (SSSR count). The number of nitrogens with one attached hydrogen (secondary N) is 1. The molecule has 0 unspecified atom stereocenters. The van der Waals surface area contributed by atoms with Gasteiger partial charge >= 0.3 is 0 Å². The maximum atomic E-state index is 12.4. The van der Waals surface area contributed by atoms with Gasteiger partial charge in [0.05, 0.1) is 30.6 Å². The normalized spacial score (nSPS) is 20.1. The summed E-state index contributed by atoms with van der Waals surface area (Å²) in [5, 5.41) is 6.92. The third-order valence-corrected chi connectivity index (χ3v) is 3.21. The van der Waals surface area contributed by atoms with Gasteiger partial charge in [0.2, 0.25) is 0 Å². The molecule has 1 aliphatic heterocycles. The highest BCUT2D eigenvalue weighted by molar-refractivity contribution is 5.97. The summed E-state index contributed by atoms with van der Waals surface area (Å²) in [4.78, 5) is 14.1. The molecule has 1 atom stereocenters. The summed E-state index contributed by atoms with van der Waals surface area (Å²) in [7, 11) is 0. The molecule has 1 amide bonds. The molecule has 6 heteroatoms. The van der Waals surface area contributed by atoms with E-state index in [1.54, 1.807) is 4.90 Å². The van der Waals surface area contributed by atoms with Gasteiger partial charge in [0, 0.05) is 6.54 Å². The van der Waals surface area contributed by atoms with Crippen LogP contribution < -0.4 is 5.73 Å². The van der Waals surface area contributed by atoms with Crippen LogP contribution in [0.2, 0.25) is 0 Å². The van der Waals surface area contributed by atoms with Gasteiger partial charge in [0.1, 0.15) is 0 Å². The standard InChI is InChI=1S/C12H20N4O2/c1-3-4-9-10(13)11(15-14-9)12(17)16-5-6-18-7-8(16)2/h8H,3-7,13H2,1-2H3,(H,14,15)/t8-/m1/s1. The van der Waals surface area contributed by atoms with E-state index in [0.717, 1.165) is 18.5 Å². The van der Waals surface area contributed by atoms with Crippen LogP contribution in [-0.2, 0) is 11.2 Å². The molecule has 0 aliphatic carbocycles. The predicted octanol–water partition coefficient (Wildman–Crippen LogP) is 0.805. The number of carbonyl (C=O) groups is 1. The number of hydrogen-bond acceptors (Lipinski definition) is 4. The monoisotopic (exact) mass is 252 g/mol. The molecule has 0 bridgehead atoms. The highest BCUT2D eigenvalue weighted by Gasteiger charge is 2.28. The molecule has 0 spiro atoms. The fourth-order valence-electron chi connectivity index (χ4n) is 2.16. The van der Waals surface area contributed by atoms with E-state index in [9.17, 15) is 4.79 Å². The number of morpholine rings is 1. The van der Waals surface area contributed by atoms with Gasteiger partial charge in [-0.25, -0.2) is 0 Å². The Balaban J connectivity index is 2.17. The molecule has 100 valence electrons. The molecule has 6 nitrogen and oxygen atoms in total. The second-order valence-electron chi connectivity index (χ2n) is 4.64.